The Morgan fingerprint density at radius 1 is 1.50 bits per heavy atom. The van der Waals surface area contributed by atoms with E-state index >= 15 is 0 Å². The van der Waals surface area contributed by atoms with E-state index < -0.39 is 0 Å². The molecule has 0 saturated carbocycles. The highest BCUT2D eigenvalue weighted by Crippen LogP contribution is 2.23. The smallest absolute Gasteiger partial charge is 0.148 e. The van der Waals surface area contributed by atoms with Crippen LogP contribution in [0, 0.1) is 0 Å². The van der Waals surface area contributed by atoms with Gasteiger partial charge in [0.1, 0.15) is 29.5 Å². The second-order valence-corrected chi connectivity index (χ2v) is 4.04. The molecule has 7 nitrogen and oxygen atoms in total. The second kappa shape index (κ2) is 5.25. The molecule has 0 radical (unpaired) electrons. The molecule has 2 rings (SSSR count). The first-order valence-electron chi connectivity index (χ1n) is 5.23. The Hall–Kier alpha value is -1.77. The molecule has 0 atom stereocenters. The number of hydrogen-bond donors (Lipinski definition) is 3. The van der Waals surface area contributed by atoms with Crippen LogP contribution in [0.4, 0.5) is 5.82 Å². The first kappa shape index (κ1) is 12.7. The zero-order valence-electron chi connectivity index (χ0n) is 9.54. The molecule has 0 saturated heterocycles. The molecule has 8 heteroatoms. The fourth-order valence-corrected chi connectivity index (χ4v) is 1.81. The van der Waals surface area contributed by atoms with E-state index in [-0.39, 0.29) is 24.9 Å². The number of rotatable bonds is 5. The predicted octanol–water partition coefficient (Wildman–Crippen LogP) is -0.386. The van der Waals surface area contributed by atoms with Crippen LogP contribution in [-0.4, -0.2) is 37.8 Å². The fourth-order valence-electron chi connectivity index (χ4n) is 1.66. The molecule has 0 aliphatic rings. The average molecular weight is 267 g/mol. The van der Waals surface area contributed by atoms with Crippen LogP contribution < -0.4 is 11.5 Å². The Morgan fingerprint density at radius 3 is 2.94 bits per heavy atom. The van der Waals surface area contributed by atoms with Crippen molar-refractivity contribution in [1.82, 2.24) is 14.5 Å². The summed E-state index contributed by atoms with van der Waals surface area (Å²) < 4.78 is 6.96. The average Bonchev–Trinajstić information content (AvgIpc) is 2.70. The van der Waals surface area contributed by atoms with Gasteiger partial charge in [0.05, 0.1) is 18.6 Å². The van der Waals surface area contributed by atoms with Crippen LogP contribution in [0.5, 0.6) is 0 Å². The van der Waals surface area contributed by atoms with E-state index in [2.05, 4.69) is 9.97 Å². The molecule has 0 spiro atoms. The van der Waals surface area contributed by atoms with Gasteiger partial charge < -0.3 is 25.9 Å². The third kappa shape index (κ3) is 2.26. The van der Waals surface area contributed by atoms with Gasteiger partial charge in [-0.3, -0.25) is 0 Å². The molecular weight excluding hydrogens is 254 g/mol. The molecular formula is C10H13N5O2S. The lowest BCUT2D eigenvalue weighted by Gasteiger charge is -2.04. The summed E-state index contributed by atoms with van der Waals surface area (Å²) in [5, 5.41) is 9.30. The first-order chi connectivity index (χ1) is 8.65. The van der Waals surface area contributed by atoms with Crippen LogP contribution in [0.15, 0.2) is 12.5 Å². The maximum Gasteiger partial charge on any atom is 0.148 e. The van der Waals surface area contributed by atoms with E-state index in [0.29, 0.717) is 22.4 Å². The van der Waals surface area contributed by atoms with Crippen LogP contribution >= 0.6 is 12.2 Å². The van der Waals surface area contributed by atoms with Gasteiger partial charge in [-0.05, 0) is 0 Å². The van der Waals surface area contributed by atoms with E-state index in [9.17, 15) is 0 Å². The van der Waals surface area contributed by atoms with Crippen LogP contribution in [-0.2, 0) is 11.5 Å². The minimum absolute atomic E-state index is 0.0432. The standard InChI is InChI=1S/C10H13N5O2S/c11-8-7-6(9(12)18)3-15(5-17-2-1-16)10(7)14-4-13-8/h3-4,16H,1-2,5H2,(H2,12,18)(H2,11,13,14). The van der Waals surface area contributed by atoms with Crippen molar-refractivity contribution in [2.75, 3.05) is 18.9 Å². The van der Waals surface area contributed by atoms with Crippen molar-refractivity contribution in [1.29, 1.82) is 0 Å². The molecule has 0 aliphatic heterocycles. The van der Waals surface area contributed by atoms with Crippen molar-refractivity contribution < 1.29 is 9.84 Å². The number of nitrogens with two attached hydrogens (primary N) is 2. The fraction of sp³-hybridized carbons (Fsp3) is 0.300. The summed E-state index contributed by atoms with van der Waals surface area (Å²) >= 11 is 4.97. The third-order valence-electron chi connectivity index (χ3n) is 2.41. The zero-order chi connectivity index (χ0) is 13.1. The van der Waals surface area contributed by atoms with Gasteiger partial charge in [-0.15, -0.1) is 0 Å². The van der Waals surface area contributed by atoms with Gasteiger partial charge in [-0.2, -0.15) is 0 Å². The number of ether oxygens (including phenoxy) is 1. The molecule has 2 aromatic heterocycles. The monoisotopic (exact) mass is 267 g/mol. The van der Waals surface area contributed by atoms with E-state index in [1.165, 1.54) is 6.33 Å². The van der Waals surface area contributed by atoms with E-state index in [0.717, 1.165) is 0 Å². The molecule has 5 N–H and O–H groups in total. The largest absolute Gasteiger partial charge is 0.394 e. The van der Waals surface area contributed by atoms with Crippen LogP contribution in [0.25, 0.3) is 11.0 Å². The lowest BCUT2D eigenvalue weighted by molar-refractivity contribution is 0.0501. The highest BCUT2D eigenvalue weighted by molar-refractivity contribution is 7.80. The minimum atomic E-state index is -0.0432. The minimum Gasteiger partial charge on any atom is -0.394 e. The van der Waals surface area contributed by atoms with Crippen molar-refractivity contribution >= 4 is 34.1 Å². The number of thiocarbonyl (C=S) groups is 1. The predicted molar refractivity (Wildman–Crippen MR) is 70.9 cm³/mol. The number of anilines is 1. The number of hydrogen-bond acceptors (Lipinski definition) is 6. The molecule has 0 unspecified atom stereocenters. The highest BCUT2D eigenvalue weighted by atomic mass is 32.1. The van der Waals surface area contributed by atoms with Gasteiger partial charge in [0, 0.05) is 11.8 Å². The number of nitrogen functional groups attached to an aromatic ring is 1. The Bertz CT molecular complexity index is 583. The zero-order valence-corrected chi connectivity index (χ0v) is 10.4. The normalized spacial score (nSPS) is 10.9. The summed E-state index contributed by atoms with van der Waals surface area (Å²) in [6, 6.07) is 0. The number of aliphatic hydroxyl groups excluding tert-OH is 1. The number of aliphatic hydroxyl groups is 1. The molecule has 18 heavy (non-hydrogen) atoms. The van der Waals surface area contributed by atoms with Gasteiger partial charge in [0.25, 0.3) is 0 Å². The summed E-state index contributed by atoms with van der Waals surface area (Å²) in [5.74, 6) is 0.323. The molecule has 2 heterocycles. The number of aromatic nitrogens is 3. The SMILES string of the molecule is NC(=S)c1cn(COCCO)c2ncnc(N)c12. The number of fused-ring (bicyclic) bond motifs is 1. The van der Waals surface area contributed by atoms with Gasteiger partial charge in [0.15, 0.2) is 0 Å². The van der Waals surface area contributed by atoms with Crippen molar-refractivity contribution in [3.63, 3.8) is 0 Å². The molecule has 0 fully saturated rings. The molecule has 0 bridgehead atoms. The van der Waals surface area contributed by atoms with Crippen LogP contribution in [0.1, 0.15) is 5.56 Å². The summed E-state index contributed by atoms with van der Waals surface area (Å²) in [5.41, 5.74) is 12.7. The van der Waals surface area contributed by atoms with Gasteiger partial charge in [-0.25, -0.2) is 9.97 Å². The van der Waals surface area contributed by atoms with Crippen molar-refractivity contribution in [3.05, 3.63) is 18.1 Å². The van der Waals surface area contributed by atoms with Crippen LogP contribution in [0.3, 0.4) is 0 Å². The highest BCUT2D eigenvalue weighted by Gasteiger charge is 2.14. The lowest BCUT2D eigenvalue weighted by atomic mass is 10.2. The topological polar surface area (TPSA) is 112 Å². The third-order valence-corrected chi connectivity index (χ3v) is 2.63. The molecule has 0 amide bonds. The van der Waals surface area contributed by atoms with E-state index in [4.69, 9.17) is 33.5 Å². The molecule has 96 valence electrons. The summed E-state index contributed by atoms with van der Waals surface area (Å²) in [7, 11) is 0. The molecule has 0 aliphatic carbocycles. The van der Waals surface area contributed by atoms with Gasteiger partial charge in [-0.1, -0.05) is 12.2 Å². The maximum absolute atomic E-state index is 8.67. The second-order valence-electron chi connectivity index (χ2n) is 3.60. The first-order valence-corrected chi connectivity index (χ1v) is 5.63. The molecule has 2 aromatic rings. The quantitative estimate of drug-likeness (QED) is 0.499. The Balaban J connectivity index is 2.48. The Kier molecular flexibility index (Phi) is 3.70. The Labute approximate surface area is 108 Å². The summed E-state index contributed by atoms with van der Waals surface area (Å²) in [6.45, 7) is 0.428. The maximum atomic E-state index is 8.67. The van der Waals surface area contributed by atoms with Crippen molar-refractivity contribution in [2.45, 2.75) is 6.73 Å². The lowest BCUT2D eigenvalue weighted by Crippen LogP contribution is -2.09. The van der Waals surface area contributed by atoms with Gasteiger partial charge in [0.2, 0.25) is 0 Å². The van der Waals surface area contributed by atoms with E-state index in [1.807, 2.05) is 0 Å². The number of nitrogens with zero attached hydrogens (tertiary/aromatic N) is 3. The van der Waals surface area contributed by atoms with Crippen molar-refractivity contribution in [2.24, 2.45) is 5.73 Å². The van der Waals surface area contributed by atoms with Crippen LogP contribution in [0.2, 0.25) is 0 Å². The van der Waals surface area contributed by atoms with Gasteiger partial charge >= 0.3 is 0 Å². The molecule has 0 aromatic carbocycles. The van der Waals surface area contributed by atoms with E-state index in [1.54, 1.807) is 10.8 Å². The Morgan fingerprint density at radius 2 is 2.28 bits per heavy atom. The summed E-state index contributed by atoms with van der Waals surface area (Å²) in [6.07, 6.45) is 3.08. The summed E-state index contributed by atoms with van der Waals surface area (Å²) in [4.78, 5) is 8.28. The van der Waals surface area contributed by atoms with Crippen molar-refractivity contribution in [3.8, 4) is 0 Å².